The van der Waals surface area contributed by atoms with E-state index in [2.05, 4.69) is 5.92 Å². The summed E-state index contributed by atoms with van der Waals surface area (Å²) in [6.45, 7) is 0.221. The number of ether oxygens (including phenoxy) is 2. The summed E-state index contributed by atoms with van der Waals surface area (Å²) in [4.78, 5) is 0. The fourth-order valence-electron chi connectivity index (χ4n) is 0.834. The Kier molecular flexibility index (Phi) is 3.18. The van der Waals surface area contributed by atoms with E-state index in [1.54, 1.807) is 7.11 Å². The van der Waals surface area contributed by atoms with Gasteiger partial charge in [-0.1, -0.05) is 18.1 Å². The molecule has 1 aromatic carbocycles. The van der Waals surface area contributed by atoms with Gasteiger partial charge in [0.2, 0.25) is 0 Å². The lowest BCUT2D eigenvalue weighted by molar-refractivity contribution is 0.0509. The van der Waals surface area contributed by atoms with Crippen LogP contribution in [-0.2, 0) is 4.74 Å². The average molecular weight is 162 g/mol. The largest absolute Gasteiger partial charge is 0.466 e. The van der Waals surface area contributed by atoms with Crippen molar-refractivity contribution in [2.45, 2.75) is 0 Å². The van der Waals surface area contributed by atoms with Crippen molar-refractivity contribution in [3.05, 3.63) is 29.8 Å². The van der Waals surface area contributed by atoms with Crippen molar-refractivity contribution in [1.82, 2.24) is 0 Å². The first-order valence-corrected chi connectivity index (χ1v) is 3.56. The normalized spacial score (nSPS) is 9.00. The topological polar surface area (TPSA) is 18.5 Å². The van der Waals surface area contributed by atoms with Crippen LogP contribution in [0.2, 0.25) is 0 Å². The molecule has 0 spiro atoms. The zero-order valence-corrected chi connectivity index (χ0v) is 6.91. The Balaban J connectivity index is 2.77. The number of para-hydroxylation sites is 1. The highest BCUT2D eigenvalue weighted by atomic mass is 16.7. The molecule has 2 heteroatoms. The third-order valence-corrected chi connectivity index (χ3v) is 1.37. The van der Waals surface area contributed by atoms with Crippen LogP contribution >= 0.6 is 0 Å². The van der Waals surface area contributed by atoms with E-state index in [9.17, 15) is 0 Å². The van der Waals surface area contributed by atoms with Crippen LogP contribution in [0.15, 0.2) is 24.3 Å². The molecule has 12 heavy (non-hydrogen) atoms. The van der Waals surface area contributed by atoms with Gasteiger partial charge in [0.1, 0.15) is 5.75 Å². The van der Waals surface area contributed by atoms with Gasteiger partial charge in [-0.2, -0.15) is 0 Å². The van der Waals surface area contributed by atoms with Crippen molar-refractivity contribution in [3.8, 4) is 18.1 Å². The summed E-state index contributed by atoms with van der Waals surface area (Å²) in [6.07, 6.45) is 5.25. The Morgan fingerprint density at radius 2 is 2.17 bits per heavy atom. The number of benzene rings is 1. The molecule has 0 N–H and O–H groups in total. The van der Waals surface area contributed by atoms with Crippen LogP contribution in [0, 0.1) is 12.3 Å². The lowest BCUT2D eigenvalue weighted by Crippen LogP contribution is -1.99. The highest BCUT2D eigenvalue weighted by Crippen LogP contribution is 2.15. The lowest BCUT2D eigenvalue weighted by Gasteiger charge is -2.05. The van der Waals surface area contributed by atoms with E-state index >= 15 is 0 Å². The van der Waals surface area contributed by atoms with E-state index in [-0.39, 0.29) is 6.79 Å². The summed E-state index contributed by atoms with van der Waals surface area (Å²) in [5.41, 5.74) is 0.745. The number of terminal acetylenes is 1. The molecular formula is C10H10O2. The molecule has 0 atom stereocenters. The highest BCUT2D eigenvalue weighted by molar-refractivity contribution is 5.44. The number of rotatable bonds is 3. The van der Waals surface area contributed by atoms with Crippen LogP contribution in [0.25, 0.3) is 0 Å². The van der Waals surface area contributed by atoms with E-state index in [0.29, 0.717) is 5.75 Å². The fourth-order valence-corrected chi connectivity index (χ4v) is 0.834. The summed E-state index contributed by atoms with van der Waals surface area (Å²) in [5.74, 6) is 3.21. The Morgan fingerprint density at radius 1 is 1.42 bits per heavy atom. The first-order chi connectivity index (χ1) is 5.88. The molecule has 0 aliphatic rings. The molecular weight excluding hydrogens is 152 g/mol. The molecule has 2 nitrogen and oxygen atoms in total. The van der Waals surface area contributed by atoms with Gasteiger partial charge in [0.05, 0.1) is 5.56 Å². The van der Waals surface area contributed by atoms with E-state index in [4.69, 9.17) is 15.9 Å². The van der Waals surface area contributed by atoms with Crippen LogP contribution in [0.3, 0.4) is 0 Å². The quantitative estimate of drug-likeness (QED) is 0.497. The summed E-state index contributed by atoms with van der Waals surface area (Å²) < 4.78 is 9.97. The molecule has 0 heterocycles. The second-order valence-electron chi connectivity index (χ2n) is 2.19. The van der Waals surface area contributed by atoms with Gasteiger partial charge in [0.25, 0.3) is 0 Å². The van der Waals surface area contributed by atoms with Crippen molar-refractivity contribution in [2.24, 2.45) is 0 Å². The summed E-state index contributed by atoms with van der Waals surface area (Å²) >= 11 is 0. The van der Waals surface area contributed by atoms with Gasteiger partial charge in [0, 0.05) is 7.11 Å². The van der Waals surface area contributed by atoms with Gasteiger partial charge in [-0.15, -0.1) is 6.42 Å². The molecule has 0 saturated carbocycles. The highest BCUT2D eigenvalue weighted by Gasteiger charge is 1.97. The minimum atomic E-state index is 0.221. The second kappa shape index (κ2) is 4.42. The smallest absolute Gasteiger partial charge is 0.188 e. The molecule has 0 aliphatic carbocycles. The van der Waals surface area contributed by atoms with E-state index in [1.165, 1.54) is 0 Å². The summed E-state index contributed by atoms with van der Waals surface area (Å²) in [5, 5.41) is 0. The van der Waals surface area contributed by atoms with Gasteiger partial charge in [-0.3, -0.25) is 0 Å². The molecule has 0 radical (unpaired) electrons. The number of hydrogen-bond acceptors (Lipinski definition) is 2. The standard InChI is InChI=1S/C10H10O2/c1-3-9-6-4-5-7-10(9)12-8-11-2/h1,4-7H,8H2,2H3. The maximum atomic E-state index is 5.25. The van der Waals surface area contributed by atoms with Crippen LogP contribution in [0.1, 0.15) is 5.56 Å². The van der Waals surface area contributed by atoms with Crippen LogP contribution in [-0.4, -0.2) is 13.9 Å². The lowest BCUT2D eigenvalue weighted by atomic mass is 10.2. The molecule has 0 bridgehead atoms. The minimum Gasteiger partial charge on any atom is -0.466 e. The molecule has 62 valence electrons. The first kappa shape index (κ1) is 8.63. The van der Waals surface area contributed by atoms with Gasteiger partial charge < -0.3 is 9.47 Å². The van der Waals surface area contributed by atoms with Crippen molar-refractivity contribution >= 4 is 0 Å². The molecule has 1 rings (SSSR count). The van der Waals surface area contributed by atoms with Crippen LogP contribution in [0.5, 0.6) is 5.75 Å². The fraction of sp³-hybridized carbons (Fsp3) is 0.200. The van der Waals surface area contributed by atoms with E-state index in [1.807, 2.05) is 24.3 Å². The maximum Gasteiger partial charge on any atom is 0.188 e. The predicted molar refractivity (Wildman–Crippen MR) is 46.9 cm³/mol. The van der Waals surface area contributed by atoms with Crippen LogP contribution < -0.4 is 4.74 Å². The summed E-state index contributed by atoms with van der Waals surface area (Å²) in [6, 6.07) is 7.37. The minimum absolute atomic E-state index is 0.221. The van der Waals surface area contributed by atoms with Gasteiger partial charge >= 0.3 is 0 Å². The Bertz CT molecular complexity index is 286. The van der Waals surface area contributed by atoms with Gasteiger partial charge in [0.15, 0.2) is 6.79 Å². The Morgan fingerprint density at radius 3 is 2.83 bits per heavy atom. The molecule has 0 saturated heterocycles. The third kappa shape index (κ3) is 2.01. The molecule has 0 fully saturated rings. The molecule has 0 aromatic heterocycles. The predicted octanol–water partition coefficient (Wildman–Crippen LogP) is 1.65. The van der Waals surface area contributed by atoms with Crippen molar-refractivity contribution < 1.29 is 9.47 Å². The third-order valence-electron chi connectivity index (χ3n) is 1.37. The monoisotopic (exact) mass is 162 g/mol. The molecule has 0 unspecified atom stereocenters. The average Bonchev–Trinajstić information content (AvgIpc) is 2.15. The van der Waals surface area contributed by atoms with Gasteiger partial charge in [-0.05, 0) is 12.1 Å². The van der Waals surface area contributed by atoms with Gasteiger partial charge in [-0.25, -0.2) is 0 Å². The Labute approximate surface area is 72.1 Å². The van der Waals surface area contributed by atoms with Crippen molar-refractivity contribution in [1.29, 1.82) is 0 Å². The Hall–Kier alpha value is -1.46. The van der Waals surface area contributed by atoms with Crippen LogP contribution in [0.4, 0.5) is 0 Å². The molecule has 1 aromatic rings. The first-order valence-electron chi connectivity index (χ1n) is 3.56. The number of hydrogen-bond donors (Lipinski definition) is 0. The maximum absolute atomic E-state index is 5.25. The van der Waals surface area contributed by atoms with E-state index in [0.717, 1.165) is 5.56 Å². The zero-order chi connectivity index (χ0) is 8.81. The van der Waals surface area contributed by atoms with E-state index < -0.39 is 0 Å². The van der Waals surface area contributed by atoms with Crippen molar-refractivity contribution in [3.63, 3.8) is 0 Å². The number of methoxy groups -OCH3 is 1. The second-order valence-corrected chi connectivity index (χ2v) is 2.19. The molecule has 0 amide bonds. The summed E-state index contributed by atoms with van der Waals surface area (Å²) in [7, 11) is 1.57. The van der Waals surface area contributed by atoms with Crippen molar-refractivity contribution in [2.75, 3.05) is 13.9 Å². The zero-order valence-electron chi connectivity index (χ0n) is 6.91. The SMILES string of the molecule is C#Cc1ccccc1OCOC. The molecule has 0 aliphatic heterocycles.